The summed E-state index contributed by atoms with van der Waals surface area (Å²) < 4.78 is 15.9. The third-order valence-electron chi connectivity index (χ3n) is 5.93. The highest BCUT2D eigenvalue weighted by Crippen LogP contribution is 2.25. The van der Waals surface area contributed by atoms with Crippen LogP contribution in [-0.2, 0) is 16.0 Å². The molecule has 0 unspecified atom stereocenters. The highest BCUT2D eigenvalue weighted by molar-refractivity contribution is 5.94. The summed E-state index contributed by atoms with van der Waals surface area (Å²) in [5, 5.41) is 8.70. The van der Waals surface area contributed by atoms with Crippen molar-refractivity contribution in [3.05, 3.63) is 65.5 Å². The van der Waals surface area contributed by atoms with E-state index in [1.807, 2.05) is 47.7 Å². The second-order valence-corrected chi connectivity index (χ2v) is 8.27. The van der Waals surface area contributed by atoms with Crippen LogP contribution in [0.4, 0.5) is 0 Å². The smallest absolute Gasteiger partial charge is 0.254 e. The van der Waals surface area contributed by atoms with Crippen molar-refractivity contribution in [2.45, 2.75) is 38.6 Å². The molecule has 2 atom stereocenters. The van der Waals surface area contributed by atoms with Gasteiger partial charge in [-0.2, -0.15) is 10.2 Å². The highest BCUT2D eigenvalue weighted by Gasteiger charge is 2.40. The van der Waals surface area contributed by atoms with Gasteiger partial charge in [-0.3, -0.25) is 9.48 Å². The predicted molar refractivity (Wildman–Crippen MR) is 112 cm³/mol. The van der Waals surface area contributed by atoms with Gasteiger partial charge in [0, 0.05) is 24.3 Å². The molecule has 1 amide bonds. The quantitative estimate of drug-likeness (QED) is 0.635. The Hall–Kier alpha value is -3.04. The first-order valence-electron chi connectivity index (χ1n) is 10.5. The topological polar surface area (TPSA) is 87.3 Å². The number of fused-ring (bicyclic) bond motifs is 1. The fourth-order valence-electron chi connectivity index (χ4n) is 4.30. The number of ether oxygens (including phenoxy) is 2. The van der Waals surface area contributed by atoms with Gasteiger partial charge in [0.25, 0.3) is 5.91 Å². The molecular weight excluding hydrogens is 396 g/mol. The van der Waals surface area contributed by atoms with Crippen LogP contribution in [0.1, 0.15) is 33.4 Å². The maximum atomic E-state index is 13.2. The average molecular weight is 422 g/mol. The fourth-order valence-corrected chi connectivity index (χ4v) is 4.30. The number of likely N-dealkylation sites (tertiary alicyclic amines) is 1. The van der Waals surface area contributed by atoms with Crippen molar-refractivity contribution in [3.8, 4) is 0 Å². The first kappa shape index (κ1) is 19.9. The molecule has 0 bridgehead atoms. The van der Waals surface area contributed by atoms with E-state index in [4.69, 9.17) is 9.47 Å². The van der Waals surface area contributed by atoms with Crippen LogP contribution in [0.25, 0.3) is 0 Å². The largest absolute Gasteiger partial charge is 0.371 e. The van der Waals surface area contributed by atoms with Gasteiger partial charge in [0.05, 0.1) is 25.5 Å². The fraction of sp³-hybridized carbons (Fsp3) is 0.455. The lowest BCUT2D eigenvalue weighted by molar-refractivity contribution is -0.00461. The summed E-state index contributed by atoms with van der Waals surface area (Å²) in [5.41, 5.74) is 3.82. The summed E-state index contributed by atoms with van der Waals surface area (Å²) in [7, 11) is 0. The first-order chi connectivity index (χ1) is 15.1. The van der Waals surface area contributed by atoms with Crippen molar-refractivity contribution in [1.29, 1.82) is 0 Å². The van der Waals surface area contributed by atoms with Crippen LogP contribution in [0.15, 0.2) is 43.0 Å². The van der Waals surface area contributed by atoms with Gasteiger partial charge >= 0.3 is 0 Å². The van der Waals surface area contributed by atoms with Gasteiger partial charge in [0.1, 0.15) is 30.9 Å². The van der Waals surface area contributed by atoms with E-state index in [-0.39, 0.29) is 24.2 Å². The second kappa shape index (κ2) is 8.24. The third-order valence-corrected chi connectivity index (χ3v) is 5.93. The molecular formula is C22H26N6O3. The van der Waals surface area contributed by atoms with Crippen molar-refractivity contribution in [3.63, 3.8) is 0 Å². The number of carbonyl (C=O) groups is 1. The summed E-state index contributed by atoms with van der Waals surface area (Å²) >= 11 is 0. The van der Waals surface area contributed by atoms with Gasteiger partial charge in [-0.1, -0.05) is 12.1 Å². The van der Waals surface area contributed by atoms with E-state index in [0.29, 0.717) is 38.4 Å². The number of benzene rings is 1. The molecule has 3 aromatic rings. The van der Waals surface area contributed by atoms with E-state index in [2.05, 4.69) is 21.2 Å². The lowest BCUT2D eigenvalue weighted by Crippen LogP contribution is -2.31. The molecule has 162 valence electrons. The molecule has 0 N–H and O–H groups in total. The Morgan fingerprint density at radius 2 is 1.90 bits per heavy atom. The summed E-state index contributed by atoms with van der Waals surface area (Å²) in [6, 6.07) is 9.83. The number of aromatic nitrogens is 5. The number of carbonyl (C=O) groups excluding carboxylic acids is 1. The molecule has 0 saturated carbocycles. The van der Waals surface area contributed by atoms with Crippen LogP contribution in [0, 0.1) is 13.8 Å². The zero-order chi connectivity index (χ0) is 21.4. The van der Waals surface area contributed by atoms with Crippen molar-refractivity contribution < 1.29 is 14.3 Å². The summed E-state index contributed by atoms with van der Waals surface area (Å²) in [6.45, 7) is 6.69. The normalized spacial score (nSPS) is 21.8. The molecule has 2 aromatic heterocycles. The predicted octanol–water partition coefficient (Wildman–Crippen LogP) is 1.62. The number of nitrogens with zero attached hydrogens (tertiary/aromatic N) is 6. The van der Waals surface area contributed by atoms with Gasteiger partial charge in [-0.05, 0) is 37.6 Å². The number of aryl methyl sites for hydroxylation is 2. The third kappa shape index (κ3) is 4.11. The maximum absolute atomic E-state index is 13.2. The Morgan fingerprint density at radius 3 is 2.55 bits per heavy atom. The van der Waals surface area contributed by atoms with E-state index in [1.54, 1.807) is 11.0 Å². The van der Waals surface area contributed by atoms with Crippen LogP contribution >= 0.6 is 0 Å². The van der Waals surface area contributed by atoms with E-state index in [1.165, 1.54) is 6.33 Å². The molecule has 9 heteroatoms. The van der Waals surface area contributed by atoms with E-state index in [9.17, 15) is 4.79 Å². The molecule has 2 fully saturated rings. The van der Waals surface area contributed by atoms with Crippen LogP contribution in [0.2, 0.25) is 0 Å². The summed E-state index contributed by atoms with van der Waals surface area (Å²) in [4.78, 5) is 19.0. The molecule has 2 saturated heterocycles. The molecule has 4 heterocycles. The van der Waals surface area contributed by atoms with Gasteiger partial charge in [-0.15, -0.1) is 0 Å². The lowest BCUT2D eigenvalue weighted by Gasteiger charge is -2.19. The van der Waals surface area contributed by atoms with Crippen molar-refractivity contribution in [2.24, 2.45) is 0 Å². The maximum Gasteiger partial charge on any atom is 0.254 e. The Kier molecular flexibility index (Phi) is 5.29. The Balaban J connectivity index is 1.24. The van der Waals surface area contributed by atoms with Gasteiger partial charge in [0.15, 0.2) is 0 Å². The van der Waals surface area contributed by atoms with Gasteiger partial charge in [-0.25, -0.2) is 9.67 Å². The van der Waals surface area contributed by atoms with Crippen LogP contribution in [-0.4, -0.2) is 73.9 Å². The van der Waals surface area contributed by atoms with E-state index >= 15 is 0 Å². The molecule has 5 rings (SSSR count). The van der Waals surface area contributed by atoms with Gasteiger partial charge < -0.3 is 14.4 Å². The molecule has 0 spiro atoms. The van der Waals surface area contributed by atoms with Crippen LogP contribution in [0.3, 0.4) is 0 Å². The Bertz CT molecular complexity index is 1050. The van der Waals surface area contributed by atoms with Crippen LogP contribution < -0.4 is 0 Å². The van der Waals surface area contributed by atoms with Crippen molar-refractivity contribution in [1.82, 2.24) is 29.4 Å². The van der Waals surface area contributed by atoms with E-state index in [0.717, 1.165) is 17.0 Å². The van der Waals surface area contributed by atoms with Gasteiger partial charge in [0.2, 0.25) is 0 Å². The number of rotatable bonds is 4. The Morgan fingerprint density at radius 1 is 1.13 bits per heavy atom. The number of hydrogen-bond donors (Lipinski definition) is 0. The van der Waals surface area contributed by atoms with Crippen molar-refractivity contribution >= 4 is 5.91 Å². The van der Waals surface area contributed by atoms with Crippen LogP contribution in [0.5, 0.6) is 0 Å². The zero-order valence-electron chi connectivity index (χ0n) is 17.7. The first-order valence-corrected chi connectivity index (χ1v) is 10.5. The second-order valence-electron chi connectivity index (χ2n) is 8.27. The standard InChI is InChI=1S/C22H26N6O3/c1-15-6-16(2)27(25-15)8-17-4-3-5-18(7-17)22(29)26-9-20-21(10-26)31-12-19(11-30-20)28-14-23-13-24-28/h3-7,13-14,19-21H,8-12H2,1-2H3/t20-,21-/m0/s1. The lowest BCUT2D eigenvalue weighted by atomic mass is 10.1. The average Bonchev–Trinajstić information content (AvgIpc) is 3.47. The minimum atomic E-state index is -0.129. The number of hydrogen-bond acceptors (Lipinski definition) is 6. The molecule has 0 aliphatic carbocycles. The summed E-state index contributed by atoms with van der Waals surface area (Å²) in [6.07, 6.45) is 2.92. The molecule has 0 radical (unpaired) electrons. The molecule has 1 aromatic carbocycles. The SMILES string of the molecule is Cc1cc(C)n(Cc2cccc(C(=O)N3C[C@@H]4OCC(n5cncn5)CO[C@H]4C3)c2)n1. The highest BCUT2D eigenvalue weighted by atomic mass is 16.6. The summed E-state index contributed by atoms with van der Waals surface area (Å²) in [5.74, 6) is 0.00307. The minimum Gasteiger partial charge on any atom is -0.371 e. The minimum absolute atomic E-state index is 0.00307. The zero-order valence-corrected chi connectivity index (χ0v) is 17.7. The Labute approximate surface area is 180 Å². The number of amides is 1. The molecule has 2 aliphatic rings. The molecule has 31 heavy (non-hydrogen) atoms. The molecule has 2 aliphatic heterocycles. The van der Waals surface area contributed by atoms with Crippen molar-refractivity contribution in [2.75, 3.05) is 26.3 Å². The van der Waals surface area contributed by atoms with E-state index < -0.39 is 0 Å². The monoisotopic (exact) mass is 422 g/mol. The molecule has 9 nitrogen and oxygen atoms in total.